The SMILES string of the molecule is Cc1ccc2nc(NCC(C)C)c(C=C3SC(=S)N(Cc4ccccc4Cl)C3=O)c(=O)n2c1. The van der Waals surface area contributed by atoms with Gasteiger partial charge in [0.1, 0.15) is 15.8 Å². The number of nitrogens with one attached hydrogen (secondary N) is 1. The third kappa shape index (κ3) is 4.98. The van der Waals surface area contributed by atoms with Gasteiger partial charge in [-0.2, -0.15) is 0 Å². The second-order valence-corrected chi connectivity index (χ2v) is 10.3. The minimum absolute atomic E-state index is 0.244. The molecular formula is C24H23ClN4O2S2. The molecule has 4 rings (SSSR count). The molecule has 0 radical (unpaired) electrons. The van der Waals surface area contributed by atoms with Gasteiger partial charge in [-0.15, -0.1) is 0 Å². The van der Waals surface area contributed by atoms with Crippen LogP contribution in [-0.2, 0) is 11.3 Å². The maximum absolute atomic E-state index is 13.4. The van der Waals surface area contributed by atoms with E-state index < -0.39 is 0 Å². The highest BCUT2D eigenvalue weighted by molar-refractivity contribution is 8.26. The van der Waals surface area contributed by atoms with Gasteiger partial charge in [-0.25, -0.2) is 4.98 Å². The van der Waals surface area contributed by atoms with Crippen LogP contribution in [-0.4, -0.2) is 31.1 Å². The molecule has 1 amide bonds. The Kier molecular flexibility index (Phi) is 6.88. The number of aromatic nitrogens is 2. The Morgan fingerprint density at radius 3 is 2.70 bits per heavy atom. The number of anilines is 1. The Hall–Kier alpha value is -2.68. The summed E-state index contributed by atoms with van der Waals surface area (Å²) in [6.07, 6.45) is 3.34. The Labute approximate surface area is 206 Å². The van der Waals surface area contributed by atoms with Crippen LogP contribution in [0.5, 0.6) is 0 Å². The van der Waals surface area contributed by atoms with Crippen LogP contribution in [0.1, 0.15) is 30.5 Å². The second-order valence-electron chi connectivity index (χ2n) is 8.25. The van der Waals surface area contributed by atoms with Crippen LogP contribution in [0.15, 0.2) is 52.3 Å². The first-order valence-corrected chi connectivity index (χ1v) is 12.1. The van der Waals surface area contributed by atoms with Gasteiger partial charge in [0.15, 0.2) is 0 Å². The molecule has 1 aromatic carbocycles. The van der Waals surface area contributed by atoms with Crippen molar-refractivity contribution in [3.05, 3.63) is 79.6 Å². The molecule has 170 valence electrons. The van der Waals surface area contributed by atoms with Gasteiger partial charge in [0.25, 0.3) is 11.5 Å². The first-order chi connectivity index (χ1) is 15.7. The number of aryl methyl sites for hydroxylation is 1. The van der Waals surface area contributed by atoms with Crippen LogP contribution < -0.4 is 10.9 Å². The molecule has 1 fully saturated rings. The molecule has 0 unspecified atom stereocenters. The van der Waals surface area contributed by atoms with E-state index in [9.17, 15) is 9.59 Å². The first-order valence-electron chi connectivity index (χ1n) is 10.5. The van der Waals surface area contributed by atoms with Crippen molar-refractivity contribution in [2.45, 2.75) is 27.3 Å². The van der Waals surface area contributed by atoms with E-state index in [0.717, 1.165) is 11.1 Å². The summed E-state index contributed by atoms with van der Waals surface area (Å²) >= 11 is 12.9. The van der Waals surface area contributed by atoms with E-state index in [1.807, 2.05) is 37.3 Å². The molecule has 6 nitrogen and oxygen atoms in total. The van der Waals surface area contributed by atoms with Crippen molar-refractivity contribution in [1.29, 1.82) is 0 Å². The molecule has 33 heavy (non-hydrogen) atoms. The third-order valence-corrected chi connectivity index (χ3v) is 6.87. The van der Waals surface area contributed by atoms with Gasteiger partial charge >= 0.3 is 0 Å². The van der Waals surface area contributed by atoms with Crippen molar-refractivity contribution in [3.8, 4) is 0 Å². The van der Waals surface area contributed by atoms with Crippen LogP contribution in [0.2, 0.25) is 5.02 Å². The summed E-state index contributed by atoms with van der Waals surface area (Å²) in [6, 6.07) is 11.1. The van der Waals surface area contributed by atoms with Gasteiger partial charge < -0.3 is 5.32 Å². The number of carbonyl (C=O) groups is 1. The van der Waals surface area contributed by atoms with Crippen molar-refractivity contribution >= 4 is 63.3 Å². The second kappa shape index (κ2) is 9.67. The lowest BCUT2D eigenvalue weighted by molar-refractivity contribution is -0.122. The summed E-state index contributed by atoms with van der Waals surface area (Å²) in [5.74, 6) is 0.548. The predicted molar refractivity (Wildman–Crippen MR) is 140 cm³/mol. The van der Waals surface area contributed by atoms with Crippen molar-refractivity contribution in [1.82, 2.24) is 14.3 Å². The molecule has 0 aliphatic carbocycles. The summed E-state index contributed by atoms with van der Waals surface area (Å²) in [4.78, 5) is 33.1. The van der Waals surface area contributed by atoms with Gasteiger partial charge in [0, 0.05) is 17.8 Å². The number of hydrogen-bond acceptors (Lipinski definition) is 6. The largest absolute Gasteiger partial charge is 0.369 e. The van der Waals surface area contributed by atoms with Crippen molar-refractivity contribution in [3.63, 3.8) is 0 Å². The molecule has 0 saturated carbocycles. The number of benzene rings is 1. The molecule has 1 aliphatic rings. The molecule has 3 heterocycles. The van der Waals surface area contributed by atoms with E-state index in [-0.39, 0.29) is 18.0 Å². The van der Waals surface area contributed by atoms with E-state index in [0.29, 0.717) is 43.7 Å². The molecule has 1 aliphatic heterocycles. The number of thioether (sulfide) groups is 1. The summed E-state index contributed by atoms with van der Waals surface area (Å²) in [5, 5.41) is 3.84. The lowest BCUT2D eigenvalue weighted by Gasteiger charge is -2.15. The number of rotatable bonds is 6. The Balaban J connectivity index is 1.75. The van der Waals surface area contributed by atoms with Crippen LogP contribution >= 0.6 is 35.6 Å². The predicted octanol–water partition coefficient (Wildman–Crippen LogP) is 5.13. The fourth-order valence-corrected chi connectivity index (χ4v) is 4.82. The van der Waals surface area contributed by atoms with Crippen molar-refractivity contribution < 1.29 is 4.79 Å². The van der Waals surface area contributed by atoms with E-state index in [1.165, 1.54) is 21.1 Å². The molecule has 3 aromatic rings. The summed E-state index contributed by atoms with van der Waals surface area (Å²) in [5.41, 5.74) is 2.37. The van der Waals surface area contributed by atoms with Crippen molar-refractivity contribution in [2.24, 2.45) is 5.92 Å². The first kappa shape index (κ1) is 23.5. The standard InChI is InChI=1S/C24H23ClN4O2S2/c1-14(2)11-26-21-17(22(30)28-12-15(3)8-9-20(28)27-21)10-19-23(31)29(24(32)33-19)13-16-6-4-5-7-18(16)25/h4-10,12,14,26H,11,13H2,1-3H3. The van der Waals surface area contributed by atoms with Crippen LogP contribution in [0.4, 0.5) is 5.82 Å². The molecule has 1 saturated heterocycles. The van der Waals surface area contributed by atoms with E-state index in [4.69, 9.17) is 23.8 Å². The number of halogens is 1. The van der Waals surface area contributed by atoms with E-state index >= 15 is 0 Å². The molecule has 1 N–H and O–H groups in total. The number of fused-ring (bicyclic) bond motifs is 1. The zero-order chi connectivity index (χ0) is 23.7. The molecule has 2 aromatic heterocycles. The molecule has 0 atom stereocenters. The number of nitrogens with zero attached hydrogens (tertiary/aromatic N) is 3. The Morgan fingerprint density at radius 1 is 1.21 bits per heavy atom. The number of pyridine rings is 1. The fraction of sp³-hybridized carbons (Fsp3) is 0.250. The van der Waals surface area contributed by atoms with Gasteiger partial charge in [-0.3, -0.25) is 18.9 Å². The highest BCUT2D eigenvalue weighted by Gasteiger charge is 2.33. The number of hydrogen-bond donors (Lipinski definition) is 1. The third-order valence-electron chi connectivity index (χ3n) is 5.12. The monoisotopic (exact) mass is 498 g/mol. The number of carbonyl (C=O) groups excluding carboxylic acids is 1. The molecule has 0 bridgehead atoms. The summed E-state index contributed by atoms with van der Waals surface area (Å²) in [6.45, 7) is 6.97. The maximum Gasteiger partial charge on any atom is 0.267 e. The fourth-order valence-electron chi connectivity index (χ4n) is 3.39. The van der Waals surface area contributed by atoms with Gasteiger partial charge in [0.05, 0.1) is 17.0 Å². The van der Waals surface area contributed by atoms with Crippen LogP contribution in [0, 0.1) is 12.8 Å². The zero-order valence-corrected chi connectivity index (χ0v) is 20.9. The quantitative estimate of drug-likeness (QED) is 0.375. The molecule has 0 spiro atoms. The maximum atomic E-state index is 13.4. The highest BCUT2D eigenvalue weighted by Crippen LogP contribution is 2.34. The Bertz CT molecular complexity index is 1350. The van der Waals surface area contributed by atoms with Crippen molar-refractivity contribution in [2.75, 3.05) is 11.9 Å². The minimum atomic E-state index is -0.256. The average molecular weight is 499 g/mol. The van der Waals surface area contributed by atoms with Gasteiger partial charge in [-0.1, -0.05) is 73.7 Å². The highest BCUT2D eigenvalue weighted by atomic mass is 35.5. The smallest absolute Gasteiger partial charge is 0.267 e. The van der Waals surface area contributed by atoms with E-state index in [1.54, 1.807) is 18.3 Å². The van der Waals surface area contributed by atoms with E-state index in [2.05, 4.69) is 24.1 Å². The van der Waals surface area contributed by atoms with Gasteiger partial charge in [0.2, 0.25) is 0 Å². The van der Waals surface area contributed by atoms with Crippen LogP contribution in [0.25, 0.3) is 11.7 Å². The molecule has 9 heteroatoms. The number of amides is 1. The summed E-state index contributed by atoms with van der Waals surface area (Å²) < 4.78 is 1.93. The lowest BCUT2D eigenvalue weighted by Crippen LogP contribution is -2.27. The molecular weight excluding hydrogens is 476 g/mol. The average Bonchev–Trinajstić information content (AvgIpc) is 3.03. The van der Waals surface area contributed by atoms with Gasteiger partial charge in [-0.05, 0) is 42.2 Å². The topological polar surface area (TPSA) is 66.7 Å². The minimum Gasteiger partial charge on any atom is -0.369 e. The lowest BCUT2D eigenvalue weighted by atomic mass is 10.2. The number of thiocarbonyl (C=S) groups is 1. The zero-order valence-electron chi connectivity index (χ0n) is 18.5. The summed E-state index contributed by atoms with van der Waals surface area (Å²) in [7, 11) is 0. The normalized spacial score (nSPS) is 15.3. The Morgan fingerprint density at radius 2 is 1.97 bits per heavy atom. The van der Waals surface area contributed by atoms with Crippen LogP contribution in [0.3, 0.4) is 0 Å².